The van der Waals surface area contributed by atoms with Crippen molar-refractivity contribution in [1.82, 2.24) is 10.3 Å². The van der Waals surface area contributed by atoms with Crippen LogP contribution in [0, 0.1) is 0 Å². The lowest BCUT2D eigenvalue weighted by Crippen LogP contribution is -2.05. The zero-order valence-electron chi connectivity index (χ0n) is 9.89. The average Bonchev–Trinajstić information content (AvgIpc) is 2.58. The van der Waals surface area contributed by atoms with Crippen molar-refractivity contribution in [3.8, 4) is 0 Å². The van der Waals surface area contributed by atoms with Crippen molar-refractivity contribution in [2.45, 2.75) is 26.3 Å². The second-order valence-corrected chi connectivity index (χ2v) is 4.76. The van der Waals surface area contributed by atoms with Crippen molar-refractivity contribution in [3.63, 3.8) is 0 Å². The first kappa shape index (κ1) is 11.5. The third-order valence-corrected chi connectivity index (χ3v) is 3.21. The Hall–Kier alpha value is -0.990. The number of benzene rings is 1. The molecule has 1 aromatic carbocycles. The Morgan fingerprint density at radius 2 is 2.12 bits per heavy atom. The van der Waals surface area contributed by atoms with E-state index in [0.717, 1.165) is 28.2 Å². The van der Waals surface area contributed by atoms with Crippen LogP contribution in [0.2, 0.25) is 5.02 Å². The van der Waals surface area contributed by atoms with Gasteiger partial charge in [0, 0.05) is 23.1 Å². The van der Waals surface area contributed by atoms with Gasteiger partial charge in [0.2, 0.25) is 0 Å². The third kappa shape index (κ3) is 1.83. The van der Waals surface area contributed by atoms with Gasteiger partial charge < -0.3 is 10.3 Å². The first-order chi connectivity index (χ1) is 7.65. The second-order valence-electron chi connectivity index (χ2n) is 4.38. The van der Waals surface area contributed by atoms with Crippen LogP contribution in [0.4, 0.5) is 0 Å². The number of rotatable bonds is 3. The predicted molar refractivity (Wildman–Crippen MR) is 70.2 cm³/mol. The summed E-state index contributed by atoms with van der Waals surface area (Å²) in [6, 6.07) is 6.25. The van der Waals surface area contributed by atoms with Gasteiger partial charge in [0.05, 0.1) is 5.02 Å². The normalized spacial score (nSPS) is 11.6. The highest BCUT2D eigenvalue weighted by atomic mass is 35.5. The molecule has 0 radical (unpaired) electrons. The molecule has 1 aromatic heterocycles. The van der Waals surface area contributed by atoms with Crippen molar-refractivity contribution in [1.29, 1.82) is 0 Å². The Labute approximate surface area is 101 Å². The molecule has 0 aliphatic carbocycles. The molecule has 0 atom stereocenters. The van der Waals surface area contributed by atoms with Crippen molar-refractivity contribution < 1.29 is 0 Å². The van der Waals surface area contributed by atoms with Gasteiger partial charge in [0.1, 0.15) is 0 Å². The Kier molecular flexibility index (Phi) is 3.22. The molecule has 2 N–H and O–H groups in total. The molecule has 1 heterocycles. The summed E-state index contributed by atoms with van der Waals surface area (Å²) in [7, 11) is 1.95. The molecule has 0 aliphatic rings. The summed E-state index contributed by atoms with van der Waals surface area (Å²) in [5.41, 5.74) is 3.50. The molecule has 3 heteroatoms. The van der Waals surface area contributed by atoms with Crippen LogP contribution in [-0.2, 0) is 6.54 Å². The minimum atomic E-state index is 0.419. The van der Waals surface area contributed by atoms with Crippen LogP contribution in [0.1, 0.15) is 31.0 Å². The minimum absolute atomic E-state index is 0.419. The highest BCUT2D eigenvalue weighted by Crippen LogP contribution is 2.33. The summed E-state index contributed by atoms with van der Waals surface area (Å²) < 4.78 is 0. The lowest BCUT2D eigenvalue weighted by molar-refractivity contribution is 0.823. The lowest BCUT2D eigenvalue weighted by Gasteiger charge is -2.03. The number of aromatic nitrogens is 1. The number of fused-ring (bicyclic) bond motifs is 1. The molecular weight excluding hydrogens is 220 g/mol. The SMILES string of the molecule is CNCc1cccc2[nH]c(C(C)C)c(Cl)c12. The molecule has 2 rings (SSSR count). The van der Waals surface area contributed by atoms with Crippen LogP contribution in [0.25, 0.3) is 10.9 Å². The number of H-pyrrole nitrogens is 1. The first-order valence-corrected chi connectivity index (χ1v) is 5.96. The molecule has 2 nitrogen and oxygen atoms in total. The zero-order chi connectivity index (χ0) is 11.7. The Balaban J connectivity index is 2.67. The molecule has 2 aromatic rings. The van der Waals surface area contributed by atoms with Crippen molar-refractivity contribution in [2.75, 3.05) is 7.05 Å². The molecule has 0 aliphatic heterocycles. The number of hydrogen-bond donors (Lipinski definition) is 2. The Morgan fingerprint density at radius 1 is 1.38 bits per heavy atom. The van der Waals surface area contributed by atoms with E-state index >= 15 is 0 Å². The summed E-state index contributed by atoms with van der Waals surface area (Å²) in [4.78, 5) is 3.40. The Morgan fingerprint density at radius 3 is 2.75 bits per heavy atom. The van der Waals surface area contributed by atoms with Crippen molar-refractivity contribution in [3.05, 3.63) is 34.5 Å². The second kappa shape index (κ2) is 4.48. The molecule has 0 saturated heterocycles. The van der Waals surface area contributed by atoms with Crippen LogP contribution >= 0.6 is 11.6 Å². The largest absolute Gasteiger partial charge is 0.357 e. The lowest BCUT2D eigenvalue weighted by atomic mass is 10.1. The molecule has 0 fully saturated rings. The van der Waals surface area contributed by atoms with E-state index in [1.807, 2.05) is 7.05 Å². The smallest absolute Gasteiger partial charge is 0.0697 e. The number of aromatic amines is 1. The number of hydrogen-bond acceptors (Lipinski definition) is 1. The van der Waals surface area contributed by atoms with Crippen LogP contribution in [0.5, 0.6) is 0 Å². The maximum absolute atomic E-state index is 6.43. The zero-order valence-corrected chi connectivity index (χ0v) is 10.7. The minimum Gasteiger partial charge on any atom is -0.357 e. The summed E-state index contributed by atoms with van der Waals surface area (Å²) in [5, 5.41) is 5.20. The maximum atomic E-state index is 6.43. The van der Waals surface area contributed by atoms with Gasteiger partial charge >= 0.3 is 0 Å². The Bertz CT molecular complexity index is 500. The fraction of sp³-hybridized carbons (Fsp3) is 0.385. The van der Waals surface area contributed by atoms with E-state index in [1.165, 1.54) is 5.56 Å². The van der Waals surface area contributed by atoms with E-state index in [9.17, 15) is 0 Å². The van der Waals surface area contributed by atoms with Crippen LogP contribution < -0.4 is 5.32 Å². The van der Waals surface area contributed by atoms with Crippen LogP contribution in [0.15, 0.2) is 18.2 Å². The summed E-state index contributed by atoms with van der Waals surface area (Å²) in [6.07, 6.45) is 0. The molecule has 86 valence electrons. The van der Waals surface area contributed by atoms with E-state index in [-0.39, 0.29) is 0 Å². The quantitative estimate of drug-likeness (QED) is 0.836. The first-order valence-electron chi connectivity index (χ1n) is 5.58. The van der Waals surface area contributed by atoms with E-state index < -0.39 is 0 Å². The predicted octanol–water partition coefficient (Wildman–Crippen LogP) is 3.66. The summed E-state index contributed by atoms with van der Waals surface area (Å²) >= 11 is 6.43. The fourth-order valence-electron chi connectivity index (χ4n) is 2.03. The van der Waals surface area contributed by atoms with E-state index in [0.29, 0.717) is 5.92 Å². The average molecular weight is 237 g/mol. The number of nitrogens with one attached hydrogen (secondary N) is 2. The van der Waals surface area contributed by atoms with Gasteiger partial charge in [0.15, 0.2) is 0 Å². The van der Waals surface area contributed by atoms with Gasteiger partial charge in [-0.05, 0) is 24.6 Å². The fourth-order valence-corrected chi connectivity index (χ4v) is 2.52. The van der Waals surface area contributed by atoms with Gasteiger partial charge in [-0.3, -0.25) is 0 Å². The molecular formula is C13H17ClN2. The maximum Gasteiger partial charge on any atom is 0.0697 e. The van der Waals surface area contributed by atoms with Crippen molar-refractivity contribution >= 4 is 22.5 Å². The number of halogens is 1. The highest BCUT2D eigenvalue weighted by molar-refractivity contribution is 6.36. The van der Waals surface area contributed by atoms with Gasteiger partial charge in [-0.1, -0.05) is 37.6 Å². The topological polar surface area (TPSA) is 27.8 Å². The van der Waals surface area contributed by atoms with Gasteiger partial charge in [-0.25, -0.2) is 0 Å². The van der Waals surface area contributed by atoms with E-state index in [2.05, 4.69) is 42.3 Å². The molecule has 0 bridgehead atoms. The molecule has 16 heavy (non-hydrogen) atoms. The van der Waals surface area contributed by atoms with Crippen LogP contribution in [-0.4, -0.2) is 12.0 Å². The highest BCUT2D eigenvalue weighted by Gasteiger charge is 2.14. The summed E-state index contributed by atoms with van der Waals surface area (Å²) in [5.74, 6) is 0.419. The van der Waals surface area contributed by atoms with Crippen LogP contribution in [0.3, 0.4) is 0 Å². The standard InChI is InChI=1S/C13H17ClN2/c1-8(2)13-12(14)11-9(7-15-3)5-4-6-10(11)16-13/h4-6,8,15-16H,7H2,1-3H3. The molecule has 0 unspecified atom stereocenters. The third-order valence-electron chi connectivity index (χ3n) is 2.82. The van der Waals surface area contributed by atoms with Crippen molar-refractivity contribution in [2.24, 2.45) is 0 Å². The van der Waals surface area contributed by atoms with Gasteiger partial charge in [-0.2, -0.15) is 0 Å². The molecule has 0 amide bonds. The molecule has 0 spiro atoms. The monoisotopic (exact) mass is 236 g/mol. The summed E-state index contributed by atoms with van der Waals surface area (Å²) in [6.45, 7) is 5.13. The molecule has 0 saturated carbocycles. The van der Waals surface area contributed by atoms with Gasteiger partial charge in [0.25, 0.3) is 0 Å². The van der Waals surface area contributed by atoms with Gasteiger partial charge in [-0.15, -0.1) is 0 Å². The van der Waals surface area contributed by atoms with E-state index in [4.69, 9.17) is 11.6 Å². The van der Waals surface area contributed by atoms with E-state index in [1.54, 1.807) is 0 Å².